The van der Waals surface area contributed by atoms with Gasteiger partial charge in [-0.25, -0.2) is 0 Å². The van der Waals surface area contributed by atoms with Crippen molar-refractivity contribution in [2.75, 3.05) is 11.9 Å². The summed E-state index contributed by atoms with van der Waals surface area (Å²) in [7, 11) is 0. The van der Waals surface area contributed by atoms with Crippen molar-refractivity contribution in [1.82, 2.24) is 10.2 Å². The van der Waals surface area contributed by atoms with Crippen molar-refractivity contribution in [3.05, 3.63) is 41.6 Å². The molecular formula is C17H19ClN4O4. The number of benzene rings is 1. The lowest BCUT2D eigenvalue weighted by Gasteiger charge is -2.39. The number of hydrogen-bond acceptors (Lipinski definition) is 5. The first-order valence-corrected chi connectivity index (χ1v) is 7.80. The predicted molar refractivity (Wildman–Crippen MR) is 96.8 cm³/mol. The van der Waals surface area contributed by atoms with Crippen LogP contribution in [0.5, 0.6) is 0 Å². The Labute approximate surface area is 156 Å². The largest absolute Gasteiger partial charge is 0.328 e. The monoisotopic (exact) mass is 378 g/mol. The lowest BCUT2D eigenvalue weighted by molar-refractivity contribution is -0.131. The molecule has 8 nitrogen and oxygen atoms in total. The molecule has 0 saturated carbocycles. The second-order valence-corrected chi connectivity index (χ2v) is 6.26. The van der Waals surface area contributed by atoms with Crippen molar-refractivity contribution < 1.29 is 19.2 Å². The van der Waals surface area contributed by atoms with Crippen LogP contribution in [0.25, 0.3) is 0 Å². The average Bonchev–Trinajstić information content (AvgIpc) is 2.84. The van der Waals surface area contributed by atoms with E-state index in [2.05, 4.69) is 17.2 Å². The van der Waals surface area contributed by atoms with Gasteiger partial charge in [-0.05, 0) is 31.9 Å². The number of carbonyl (C=O) groups is 4. The Morgan fingerprint density at radius 2 is 2.04 bits per heavy atom. The third-order valence-electron chi connectivity index (χ3n) is 4.56. The number of imide groups is 1. The number of carbonyl (C=O) groups excluding carboxylic acids is 4. The number of fused-ring (bicyclic) bond motifs is 1. The van der Waals surface area contributed by atoms with Gasteiger partial charge in [0.05, 0.1) is 23.4 Å². The summed E-state index contributed by atoms with van der Waals surface area (Å²) in [6.07, 6.45) is 0.750. The van der Waals surface area contributed by atoms with Crippen molar-refractivity contribution in [2.45, 2.75) is 25.3 Å². The minimum Gasteiger partial charge on any atom is -0.328 e. The van der Waals surface area contributed by atoms with E-state index in [0.29, 0.717) is 12.1 Å². The molecule has 9 heteroatoms. The third kappa shape index (κ3) is 2.87. The number of nitrogens with zero attached hydrogens (tertiary/aromatic N) is 1. The fourth-order valence-corrected chi connectivity index (χ4v) is 3.12. The minimum absolute atomic E-state index is 0. The fourth-order valence-electron chi connectivity index (χ4n) is 3.12. The summed E-state index contributed by atoms with van der Waals surface area (Å²) < 4.78 is 0. The number of nitrogens with one attached hydrogen (secondary N) is 2. The Hall–Kier alpha value is -2.71. The summed E-state index contributed by atoms with van der Waals surface area (Å²) in [5.74, 6) is -2.11. The van der Waals surface area contributed by atoms with Crippen LogP contribution in [0.4, 0.5) is 5.69 Å². The van der Waals surface area contributed by atoms with Crippen molar-refractivity contribution in [2.24, 2.45) is 5.73 Å². The van der Waals surface area contributed by atoms with Crippen molar-refractivity contribution >= 4 is 41.7 Å². The molecule has 1 fully saturated rings. The maximum atomic E-state index is 12.9. The Kier molecular flexibility index (Phi) is 5.20. The van der Waals surface area contributed by atoms with E-state index in [4.69, 9.17) is 5.73 Å². The van der Waals surface area contributed by atoms with Gasteiger partial charge in [0.25, 0.3) is 11.8 Å². The number of hydrogen-bond donors (Lipinski definition) is 3. The molecule has 0 spiro atoms. The van der Waals surface area contributed by atoms with Crippen LogP contribution in [0.3, 0.4) is 0 Å². The van der Waals surface area contributed by atoms with Crippen LogP contribution in [-0.4, -0.2) is 40.6 Å². The van der Waals surface area contributed by atoms with Gasteiger partial charge in [-0.2, -0.15) is 0 Å². The number of nitrogens with two attached hydrogens (primary N) is 1. The highest BCUT2D eigenvalue weighted by molar-refractivity contribution is 6.26. The van der Waals surface area contributed by atoms with E-state index in [0.717, 1.165) is 4.90 Å². The molecule has 1 aromatic carbocycles. The number of allylic oxidation sites excluding steroid dienone is 1. The second-order valence-electron chi connectivity index (χ2n) is 6.26. The molecule has 0 aliphatic carbocycles. The summed E-state index contributed by atoms with van der Waals surface area (Å²) in [5, 5.41) is 5.12. The average molecular weight is 379 g/mol. The molecule has 2 aliphatic heterocycles. The summed E-state index contributed by atoms with van der Waals surface area (Å²) in [6.45, 7) is 5.01. The highest BCUT2D eigenvalue weighted by Gasteiger charge is 2.52. The molecule has 4 amide bonds. The molecule has 0 unspecified atom stereocenters. The van der Waals surface area contributed by atoms with E-state index < -0.39 is 29.2 Å². The predicted octanol–water partition coefficient (Wildman–Crippen LogP) is 0.784. The third-order valence-corrected chi connectivity index (χ3v) is 4.56. The van der Waals surface area contributed by atoms with E-state index in [1.807, 2.05) is 0 Å². The van der Waals surface area contributed by atoms with Crippen LogP contribution in [0.1, 0.15) is 40.5 Å². The molecule has 26 heavy (non-hydrogen) atoms. The fraction of sp³-hybridized carbons (Fsp3) is 0.294. The molecule has 1 atom stereocenters. The summed E-state index contributed by atoms with van der Waals surface area (Å²) in [6, 6.07) is 4.58. The summed E-state index contributed by atoms with van der Waals surface area (Å²) >= 11 is 0. The van der Waals surface area contributed by atoms with Gasteiger partial charge < -0.3 is 16.4 Å². The van der Waals surface area contributed by atoms with Crippen LogP contribution < -0.4 is 16.4 Å². The van der Waals surface area contributed by atoms with Gasteiger partial charge in [-0.1, -0.05) is 12.6 Å². The lowest BCUT2D eigenvalue weighted by Crippen LogP contribution is -2.60. The highest BCUT2D eigenvalue weighted by Crippen LogP contribution is 2.37. The normalized spacial score (nSPS) is 21.8. The minimum atomic E-state index is -1.32. The van der Waals surface area contributed by atoms with E-state index in [9.17, 15) is 19.2 Å². The van der Waals surface area contributed by atoms with Crippen molar-refractivity contribution in [3.8, 4) is 0 Å². The zero-order valence-electron chi connectivity index (χ0n) is 14.1. The van der Waals surface area contributed by atoms with Gasteiger partial charge in [0.2, 0.25) is 11.8 Å². The van der Waals surface area contributed by atoms with Gasteiger partial charge in [-0.3, -0.25) is 24.1 Å². The van der Waals surface area contributed by atoms with Gasteiger partial charge in [-0.15, -0.1) is 12.4 Å². The Balaban J connectivity index is 0.00000243. The van der Waals surface area contributed by atoms with Crippen LogP contribution in [0.15, 0.2) is 30.5 Å². The molecule has 0 radical (unpaired) electrons. The number of halogens is 1. The van der Waals surface area contributed by atoms with E-state index >= 15 is 0 Å². The van der Waals surface area contributed by atoms with Crippen LogP contribution >= 0.6 is 12.4 Å². The lowest BCUT2D eigenvalue weighted by atomic mass is 9.88. The first kappa shape index (κ1) is 19.6. The van der Waals surface area contributed by atoms with Gasteiger partial charge >= 0.3 is 0 Å². The molecule has 1 aromatic rings. The van der Waals surface area contributed by atoms with Gasteiger partial charge in [0, 0.05) is 5.70 Å². The Morgan fingerprint density at radius 1 is 1.35 bits per heavy atom. The number of rotatable bonds is 3. The first-order chi connectivity index (χ1) is 11.8. The van der Waals surface area contributed by atoms with E-state index in [1.165, 1.54) is 12.1 Å². The summed E-state index contributed by atoms with van der Waals surface area (Å²) in [4.78, 5) is 50.8. The van der Waals surface area contributed by atoms with Gasteiger partial charge in [0.15, 0.2) is 0 Å². The number of amides is 4. The van der Waals surface area contributed by atoms with Gasteiger partial charge in [0.1, 0.15) is 5.54 Å². The smallest absolute Gasteiger partial charge is 0.264 e. The van der Waals surface area contributed by atoms with Crippen molar-refractivity contribution in [1.29, 1.82) is 0 Å². The van der Waals surface area contributed by atoms with E-state index in [-0.39, 0.29) is 42.2 Å². The molecule has 0 bridgehead atoms. The van der Waals surface area contributed by atoms with Crippen LogP contribution in [0, 0.1) is 0 Å². The molecule has 4 N–H and O–H groups in total. The molecule has 2 aliphatic rings. The Bertz CT molecular complexity index is 838. The number of piperidine rings is 1. The molecule has 0 aromatic heterocycles. The molecule has 138 valence electrons. The maximum Gasteiger partial charge on any atom is 0.264 e. The topological polar surface area (TPSA) is 122 Å². The molecule has 1 saturated heterocycles. The Morgan fingerprint density at radius 3 is 2.65 bits per heavy atom. The molecule has 2 heterocycles. The number of anilines is 1. The molecule has 3 rings (SSSR count). The first-order valence-electron chi connectivity index (χ1n) is 7.80. The standard InChI is InChI=1S/C17H18N4O4.ClH/c1-9-6-7-17(2,16(25)19-9)21-14(23)10-4-3-5-11(13(10)15(21)24)20-12(22)8-18;/h3-5H,1,6-8,18H2,2H3,(H,19,25)(H,20,22);1H/t17-;/m0./s1. The van der Waals surface area contributed by atoms with Crippen LogP contribution in [-0.2, 0) is 9.59 Å². The van der Waals surface area contributed by atoms with Crippen LogP contribution in [0.2, 0.25) is 0 Å². The molecular weight excluding hydrogens is 360 g/mol. The van der Waals surface area contributed by atoms with E-state index in [1.54, 1.807) is 13.0 Å². The zero-order valence-corrected chi connectivity index (χ0v) is 14.9. The second kappa shape index (κ2) is 6.89. The maximum absolute atomic E-state index is 12.9. The quantitative estimate of drug-likeness (QED) is 0.671. The zero-order chi connectivity index (χ0) is 18.4. The highest BCUT2D eigenvalue weighted by atomic mass is 35.5. The summed E-state index contributed by atoms with van der Waals surface area (Å²) in [5.41, 5.74) is 4.96. The SMILES string of the molecule is C=C1CC[C@](C)(N2C(=O)c3cccc(NC(=O)CN)c3C2=O)C(=O)N1.Cl. The van der Waals surface area contributed by atoms with Crippen molar-refractivity contribution in [3.63, 3.8) is 0 Å².